The molecule has 0 amide bonds. The van der Waals surface area contributed by atoms with E-state index in [2.05, 4.69) is 19.9 Å². The molecule has 0 aromatic carbocycles. The summed E-state index contributed by atoms with van der Waals surface area (Å²) < 4.78 is 76.7. The summed E-state index contributed by atoms with van der Waals surface area (Å²) in [5, 5.41) is 3.82. The second-order valence-corrected chi connectivity index (χ2v) is 6.06. The number of aromatic nitrogens is 4. The summed E-state index contributed by atoms with van der Waals surface area (Å²) >= 11 is 5.80. The first-order chi connectivity index (χ1) is 12.8. The highest BCUT2D eigenvalue weighted by atomic mass is 35.5. The van der Waals surface area contributed by atoms with Crippen LogP contribution in [0.25, 0.3) is 11.5 Å². The van der Waals surface area contributed by atoms with Crippen LogP contribution >= 0.6 is 11.6 Å². The molecule has 0 saturated heterocycles. The molecule has 2 rings (SSSR count). The minimum absolute atomic E-state index is 0.0213. The van der Waals surface area contributed by atoms with Crippen LogP contribution in [0.3, 0.4) is 0 Å². The highest BCUT2D eigenvalue weighted by Crippen LogP contribution is 2.27. The summed E-state index contributed by atoms with van der Waals surface area (Å²) in [6.45, 7) is 1.60. The van der Waals surface area contributed by atoms with Gasteiger partial charge in [0.05, 0.1) is 5.69 Å². The molecule has 0 saturated carbocycles. The maximum atomic E-state index is 12.8. The van der Waals surface area contributed by atoms with Gasteiger partial charge in [-0.1, -0.05) is 11.6 Å². The number of anilines is 3. The molecule has 2 unspecified atom stereocenters. The third-order valence-corrected chi connectivity index (χ3v) is 3.72. The summed E-state index contributed by atoms with van der Waals surface area (Å²) in [7, 11) is 0. The first-order valence-electron chi connectivity index (χ1n) is 7.62. The SMILES string of the molecule is CC(Nc1nc(NC(C)C(F)(F)F)nc(-c2ccc(N)c(Cl)n2)n1)C(F)(F)F. The average molecular weight is 430 g/mol. The van der Waals surface area contributed by atoms with E-state index in [4.69, 9.17) is 17.3 Å². The molecule has 0 spiro atoms. The van der Waals surface area contributed by atoms with Gasteiger partial charge in [-0.05, 0) is 26.0 Å². The second-order valence-electron chi connectivity index (χ2n) is 5.70. The predicted molar refractivity (Wildman–Crippen MR) is 90.8 cm³/mol. The number of hydrogen-bond donors (Lipinski definition) is 3. The summed E-state index contributed by atoms with van der Waals surface area (Å²) in [6.07, 6.45) is -9.27. The highest BCUT2D eigenvalue weighted by molar-refractivity contribution is 6.31. The fourth-order valence-electron chi connectivity index (χ4n) is 1.74. The van der Waals surface area contributed by atoms with E-state index < -0.39 is 36.3 Å². The zero-order valence-electron chi connectivity index (χ0n) is 14.3. The van der Waals surface area contributed by atoms with E-state index in [1.807, 2.05) is 10.6 Å². The van der Waals surface area contributed by atoms with Gasteiger partial charge in [-0.2, -0.15) is 41.3 Å². The van der Waals surface area contributed by atoms with Crippen molar-refractivity contribution in [3.8, 4) is 11.5 Å². The number of halogens is 7. The van der Waals surface area contributed by atoms with Crippen LogP contribution in [-0.4, -0.2) is 44.4 Å². The molecule has 28 heavy (non-hydrogen) atoms. The van der Waals surface area contributed by atoms with Gasteiger partial charge in [-0.15, -0.1) is 0 Å². The number of nitrogens with two attached hydrogens (primary N) is 1. The lowest BCUT2D eigenvalue weighted by molar-refractivity contribution is -0.139. The van der Waals surface area contributed by atoms with Gasteiger partial charge in [-0.25, -0.2) is 4.98 Å². The summed E-state index contributed by atoms with van der Waals surface area (Å²) in [6, 6.07) is -1.49. The normalized spacial score (nSPS) is 14.5. The number of alkyl halides is 6. The van der Waals surface area contributed by atoms with Gasteiger partial charge in [0.25, 0.3) is 0 Å². The van der Waals surface area contributed by atoms with Crippen molar-refractivity contribution in [1.82, 2.24) is 19.9 Å². The molecule has 0 aliphatic heterocycles. The maximum absolute atomic E-state index is 12.8. The van der Waals surface area contributed by atoms with E-state index in [-0.39, 0.29) is 22.4 Å². The number of nitrogens with one attached hydrogen (secondary N) is 2. The largest absolute Gasteiger partial charge is 0.408 e. The average Bonchev–Trinajstić information content (AvgIpc) is 2.55. The molecule has 2 heterocycles. The maximum Gasteiger partial charge on any atom is 0.408 e. The van der Waals surface area contributed by atoms with Gasteiger partial charge in [0.15, 0.2) is 11.0 Å². The monoisotopic (exact) mass is 429 g/mol. The molecule has 2 aromatic heterocycles. The van der Waals surface area contributed by atoms with Crippen molar-refractivity contribution in [3.63, 3.8) is 0 Å². The topological polar surface area (TPSA) is 102 Å². The van der Waals surface area contributed by atoms with E-state index in [1.54, 1.807) is 0 Å². The van der Waals surface area contributed by atoms with Crippen molar-refractivity contribution in [3.05, 3.63) is 17.3 Å². The van der Waals surface area contributed by atoms with Crippen LogP contribution in [0.4, 0.5) is 43.9 Å². The van der Waals surface area contributed by atoms with Gasteiger partial charge in [0, 0.05) is 0 Å². The highest BCUT2D eigenvalue weighted by Gasteiger charge is 2.38. The Kier molecular flexibility index (Phi) is 6.06. The Morgan fingerprint density at radius 1 is 0.857 bits per heavy atom. The molecular formula is C14H14ClF6N7. The Bertz CT molecular complexity index is 802. The standard InChI is InChI=1S/C14H14ClF6N7/c1-5(13(16,17)18)23-11-26-10(8-4-3-7(22)9(15)25-8)27-12(28-11)24-6(2)14(19,20)21/h3-6H,22H2,1-2H3,(H2,23,24,26,27,28). The van der Waals surface area contributed by atoms with E-state index in [1.165, 1.54) is 12.1 Å². The van der Waals surface area contributed by atoms with Gasteiger partial charge in [-0.3, -0.25) is 0 Å². The molecule has 0 bridgehead atoms. The van der Waals surface area contributed by atoms with Crippen LogP contribution in [0, 0.1) is 0 Å². The molecule has 0 radical (unpaired) electrons. The van der Waals surface area contributed by atoms with Gasteiger partial charge >= 0.3 is 12.4 Å². The smallest absolute Gasteiger partial charge is 0.396 e. The van der Waals surface area contributed by atoms with Crippen molar-refractivity contribution in [2.45, 2.75) is 38.3 Å². The number of pyridine rings is 1. The molecule has 0 fully saturated rings. The van der Waals surface area contributed by atoms with Crippen LogP contribution in [0.2, 0.25) is 5.15 Å². The quantitative estimate of drug-likeness (QED) is 0.489. The first kappa shape index (κ1) is 21.7. The fourth-order valence-corrected chi connectivity index (χ4v) is 1.89. The molecule has 0 aliphatic rings. The lowest BCUT2D eigenvalue weighted by Gasteiger charge is -2.20. The minimum Gasteiger partial charge on any atom is -0.396 e. The molecule has 2 aromatic rings. The van der Waals surface area contributed by atoms with E-state index in [9.17, 15) is 26.3 Å². The van der Waals surface area contributed by atoms with Gasteiger partial charge in [0.2, 0.25) is 11.9 Å². The number of nitrogens with zero attached hydrogens (tertiary/aromatic N) is 4. The zero-order valence-corrected chi connectivity index (χ0v) is 15.1. The van der Waals surface area contributed by atoms with E-state index in [0.29, 0.717) is 0 Å². The van der Waals surface area contributed by atoms with Crippen LogP contribution < -0.4 is 16.4 Å². The van der Waals surface area contributed by atoms with Crippen molar-refractivity contribution >= 4 is 29.2 Å². The summed E-state index contributed by atoms with van der Waals surface area (Å²) in [5.74, 6) is -1.49. The lowest BCUT2D eigenvalue weighted by Crippen LogP contribution is -2.35. The third-order valence-electron chi connectivity index (χ3n) is 3.42. The van der Waals surface area contributed by atoms with Crippen molar-refractivity contribution in [2.24, 2.45) is 0 Å². The van der Waals surface area contributed by atoms with Gasteiger partial charge in [0.1, 0.15) is 17.8 Å². The fraction of sp³-hybridized carbons (Fsp3) is 0.429. The molecule has 2 atom stereocenters. The van der Waals surface area contributed by atoms with E-state index >= 15 is 0 Å². The Morgan fingerprint density at radius 2 is 1.32 bits per heavy atom. The second kappa shape index (κ2) is 7.81. The molecule has 4 N–H and O–H groups in total. The summed E-state index contributed by atoms with van der Waals surface area (Å²) in [4.78, 5) is 15.0. The van der Waals surface area contributed by atoms with Crippen molar-refractivity contribution < 1.29 is 26.3 Å². The Hall–Kier alpha value is -2.57. The van der Waals surface area contributed by atoms with Crippen molar-refractivity contribution in [2.75, 3.05) is 16.4 Å². The van der Waals surface area contributed by atoms with Gasteiger partial charge < -0.3 is 16.4 Å². The van der Waals surface area contributed by atoms with Crippen LogP contribution in [0.5, 0.6) is 0 Å². The molecule has 154 valence electrons. The van der Waals surface area contributed by atoms with Crippen LogP contribution in [-0.2, 0) is 0 Å². The van der Waals surface area contributed by atoms with Crippen molar-refractivity contribution in [1.29, 1.82) is 0 Å². The Morgan fingerprint density at radius 3 is 1.71 bits per heavy atom. The number of nitrogen functional groups attached to an aromatic ring is 1. The molecule has 0 aliphatic carbocycles. The summed E-state index contributed by atoms with van der Waals surface area (Å²) in [5.41, 5.74) is 5.63. The number of rotatable bonds is 5. The first-order valence-corrected chi connectivity index (χ1v) is 8.00. The Labute approximate surface area is 159 Å². The molecular weight excluding hydrogens is 416 g/mol. The molecule has 14 heteroatoms. The Balaban J connectivity index is 2.47. The van der Waals surface area contributed by atoms with Crippen LogP contribution in [0.1, 0.15) is 13.8 Å². The lowest BCUT2D eigenvalue weighted by atomic mass is 10.3. The predicted octanol–water partition coefficient (Wildman–Crippen LogP) is 3.89. The minimum atomic E-state index is -4.64. The molecule has 7 nitrogen and oxygen atoms in total. The zero-order chi connectivity index (χ0) is 21.3. The van der Waals surface area contributed by atoms with Crippen LogP contribution in [0.15, 0.2) is 12.1 Å². The third kappa shape index (κ3) is 5.47. The van der Waals surface area contributed by atoms with E-state index in [0.717, 1.165) is 13.8 Å². The number of hydrogen-bond acceptors (Lipinski definition) is 7.